The van der Waals surface area contributed by atoms with Gasteiger partial charge in [0.05, 0.1) is 35.2 Å². The third-order valence-electron chi connectivity index (χ3n) is 6.28. The highest BCUT2D eigenvalue weighted by molar-refractivity contribution is 6.04. The quantitative estimate of drug-likeness (QED) is 0.179. The van der Waals surface area contributed by atoms with Crippen LogP contribution < -0.4 is 20.8 Å². The molecule has 12 heteroatoms. The lowest BCUT2D eigenvalue weighted by atomic mass is 10.0. The summed E-state index contributed by atoms with van der Waals surface area (Å²) in [5.41, 5.74) is 10.6. The van der Waals surface area contributed by atoms with Gasteiger partial charge in [-0.05, 0) is 78.9 Å². The molecule has 1 heterocycles. The molecule has 0 aliphatic rings. The molecule has 0 bridgehead atoms. The van der Waals surface area contributed by atoms with Crippen molar-refractivity contribution in [3.8, 4) is 11.4 Å². The predicted molar refractivity (Wildman–Crippen MR) is 154 cm³/mol. The van der Waals surface area contributed by atoms with Gasteiger partial charge in [0.15, 0.2) is 0 Å². The Balaban J connectivity index is 1.50. The van der Waals surface area contributed by atoms with E-state index in [1.54, 1.807) is 36.1 Å². The zero-order valence-electron chi connectivity index (χ0n) is 23.3. The molecule has 9 nitrogen and oxygen atoms in total. The van der Waals surface area contributed by atoms with Crippen LogP contribution in [0.25, 0.3) is 5.69 Å². The molecule has 0 unspecified atom stereocenters. The Bertz CT molecular complexity index is 1630. The number of nitrogens with one attached hydrogen (secondary N) is 1. The van der Waals surface area contributed by atoms with Gasteiger partial charge in [-0.3, -0.25) is 4.79 Å². The van der Waals surface area contributed by atoms with E-state index in [9.17, 15) is 22.8 Å². The number of amides is 3. The lowest BCUT2D eigenvalue weighted by Crippen LogP contribution is -2.32. The number of aryl methyl sites for hydroxylation is 2. The first-order chi connectivity index (χ1) is 19.8. The van der Waals surface area contributed by atoms with Gasteiger partial charge < -0.3 is 15.8 Å². The number of nitrogens with two attached hydrogens (primary N) is 1. The van der Waals surface area contributed by atoms with Gasteiger partial charge in [0.25, 0.3) is 5.91 Å². The lowest BCUT2D eigenvalue weighted by molar-refractivity contribution is -0.274. The molecular formula is C30H29F3N6O3. The van der Waals surface area contributed by atoms with E-state index in [0.29, 0.717) is 17.1 Å². The molecule has 0 atom stereocenters. The van der Waals surface area contributed by atoms with Gasteiger partial charge in [0, 0.05) is 5.56 Å². The van der Waals surface area contributed by atoms with Crippen molar-refractivity contribution in [1.29, 1.82) is 0 Å². The lowest BCUT2D eigenvalue weighted by Gasteiger charge is -2.20. The van der Waals surface area contributed by atoms with Crippen molar-refractivity contribution < 1.29 is 27.5 Å². The van der Waals surface area contributed by atoms with Crippen LogP contribution in [0, 0.1) is 13.8 Å². The van der Waals surface area contributed by atoms with Crippen LogP contribution in [0.2, 0.25) is 0 Å². The van der Waals surface area contributed by atoms with E-state index < -0.39 is 24.1 Å². The second kappa shape index (κ2) is 12.2. The average molecular weight is 579 g/mol. The summed E-state index contributed by atoms with van der Waals surface area (Å²) >= 11 is 0. The van der Waals surface area contributed by atoms with Gasteiger partial charge in [-0.2, -0.15) is 15.2 Å². The minimum absolute atomic E-state index is 0.150. The SMILES string of the molecule is Cc1cc(/C=N/N(C(N)=O)c2ccccc2C(C)C)ccc1-n1cc(NC(=O)c2ccc(OC(F)(F)F)cc2)c(C)n1. The highest BCUT2D eigenvalue weighted by Crippen LogP contribution is 2.28. The van der Waals surface area contributed by atoms with E-state index in [4.69, 9.17) is 5.73 Å². The number of carbonyl (C=O) groups excluding carboxylic acids is 2. The molecule has 0 aliphatic heterocycles. The number of benzene rings is 3. The van der Waals surface area contributed by atoms with Crippen molar-refractivity contribution in [2.75, 3.05) is 10.3 Å². The third kappa shape index (κ3) is 7.14. The van der Waals surface area contributed by atoms with Crippen LogP contribution in [0.3, 0.4) is 0 Å². The molecule has 0 spiro atoms. The number of halogens is 3. The van der Waals surface area contributed by atoms with Gasteiger partial charge >= 0.3 is 12.4 Å². The highest BCUT2D eigenvalue weighted by Gasteiger charge is 2.31. The highest BCUT2D eigenvalue weighted by atomic mass is 19.4. The maximum Gasteiger partial charge on any atom is 0.573 e. The van der Waals surface area contributed by atoms with Gasteiger partial charge in [0.2, 0.25) is 0 Å². The Morgan fingerprint density at radius 2 is 1.76 bits per heavy atom. The van der Waals surface area contributed by atoms with E-state index in [1.165, 1.54) is 17.1 Å². The van der Waals surface area contributed by atoms with Crippen LogP contribution in [0.15, 0.2) is 78.0 Å². The smallest absolute Gasteiger partial charge is 0.406 e. The number of carbonyl (C=O) groups is 2. The largest absolute Gasteiger partial charge is 0.573 e. The first-order valence-corrected chi connectivity index (χ1v) is 12.9. The molecular weight excluding hydrogens is 549 g/mol. The van der Waals surface area contributed by atoms with Crippen molar-refractivity contribution in [2.24, 2.45) is 10.8 Å². The van der Waals surface area contributed by atoms with E-state index in [-0.39, 0.29) is 11.5 Å². The summed E-state index contributed by atoms with van der Waals surface area (Å²) < 4.78 is 42.6. The van der Waals surface area contributed by atoms with Crippen LogP contribution >= 0.6 is 0 Å². The van der Waals surface area contributed by atoms with Gasteiger partial charge in [-0.1, -0.05) is 38.1 Å². The molecule has 0 aliphatic carbocycles. The van der Waals surface area contributed by atoms with Crippen LogP contribution in [0.5, 0.6) is 5.75 Å². The maximum atomic E-state index is 12.7. The van der Waals surface area contributed by atoms with Crippen molar-refractivity contribution in [2.45, 2.75) is 40.0 Å². The monoisotopic (exact) mass is 578 g/mol. The minimum atomic E-state index is -4.82. The fourth-order valence-electron chi connectivity index (χ4n) is 4.26. The summed E-state index contributed by atoms with van der Waals surface area (Å²) in [5.74, 6) is -0.780. The number of ether oxygens (including phenoxy) is 1. The number of alkyl halides is 3. The zero-order valence-corrected chi connectivity index (χ0v) is 23.3. The Morgan fingerprint density at radius 1 is 1.07 bits per heavy atom. The number of hydrogen-bond donors (Lipinski definition) is 2. The summed E-state index contributed by atoms with van der Waals surface area (Å²) in [6.45, 7) is 7.64. The third-order valence-corrected chi connectivity index (χ3v) is 6.28. The Kier molecular flexibility index (Phi) is 8.65. The number of para-hydroxylation sites is 1. The molecule has 0 saturated heterocycles. The number of hydrazone groups is 1. The van der Waals surface area contributed by atoms with Crippen molar-refractivity contribution >= 4 is 29.5 Å². The number of rotatable bonds is 8. The Hall–Kier alpha value is -5.13. The molecule has 3 N–H and O–H groups in total. The molecule has 3 amide bonds. The number of nitrogens with zero attached hydrogens (tertiary/aromatic N) is 4. The topological polar surface area (TPSA) is 115 Å². The van der Waals surface area contributed by atoms with Crippen LogP contribution in [-0.4, -0.2) is 34.3 Å². The molecule has 3 aromatic carbocycles. The standard InChI is InChI=1S/C30H29F3N6O3/c1-18(2)24-7-5-6-8-27(24)39(29(34)41)35-16-21-9-14-26(19(3)15-21)38-17-25(20(4)37-38)36-28(40)22-10-12-23(13-11-22)42-30(31,32)33/h5-18H,1-4H3,(H2,34,41)(H,36,40)/b35-16+. The average Bonchev–Trinajstić information content (AvgIpc) is 3.27. The first-order valence-electron chi connectivity index (χ1n) is 12.9. The summed E-state index contributed by atoms with van der Waals surface area (Å²) in [5, 5.41) is 12.7. The van der Waals surface area contributed by atoms with Crippen molar-refractivity contribution in [3.63, 3.8) is 0 Å². The fourth-order valence-corrected chi connectivity index (χ4v) is 4.26. The van der Waals surface area contributed by atoms with Gasteiger partial charge in [-0.15, -0.1) is 13.2 Å². The van der Waals surface area contributed by atoms with Crippen molar-refractivity contribution in [1.82, 2.24) is 9.78 Å². The van der Waals surface area contributed by atoms with E-state index in [1.807, 2.05) is 51.1 Å². The normalized spacial score (nSPS) is 11.6. The minimum Gasteiger partial charge on any atom is -0.406 e. The van der Waals surface area contributed by atoms with Gasteiger partial charge in [0.1, 0.15) is 5.75 Å². The second-order valence-electron chi connectivity index (χ2n) is 9.75. The number of aromatic nitrogens is 2. The number of anilines is 2. The van der Waals surface area contributed by atoms with E-state index in [2.05, 4.69) is 20.3 Å². The fraction of sp³-hybridized carbons (Fsp3) is 0.200. The molecule has 4 rings (SSSR count). The molecule has 0 fully saturated rings. The summed E-state index contributed by atoms with van der Waals surface area (Å²) in [6.07, 6.45) is -1.63. The van der Waals surface area contributed by atoms with Crippen LogP contribution in [0.1, 0.15) is 52.5 Å². The molecule has 4 aromatic rings. The number of primary amides is 1. The maximum absolute atomic E-state index is 12.7. The van der Waals surface area contributed by atoms with Crippen LogP contribution in [-0.2, 0) is 0 Å². The van der Waals surface area contributed by atoms with Crippen LogP contribution in [0.4, 0.5) is 29.3 Å². The van der Waals surface area contributed by atoms with Gasteiger partial charge in [-0.25, -0.2) is 9.48 Å². The Labute approximate surface area is 240 Å². The molecule has 218 valence electrons. The summed E-state index contributed by atoms with van der Waals surface area (Å²) in [6, 6.07) is 16.8. The predicted octanol–water partition coefficient (Wildman–Crippen LogP) is 6.68. The van der Waals surface area contributed by atoms with E-state index in [0.717, 1.165) is 34.5 Å². The van der Waals surface area contributed by atoms with Crippen molar-refractivity contribution in [3.05, 3.63) is 101 Å². The Morgan fingerprint density at radius 3 is 2.38 bits per heavy atom. The first kappa shape index (κ1) is 29.8. The molecule has 42 heavy (non-hydrogen) atoms. The molecule has 0 saturated carbocycles. The number of urea groups is 1. The second-order valence-corrected chi connectivity index (χ2v) is 9.75. The molecule has 1 aromatic heterocycles. The van der Waals surface area contributed by atoms with E-state index >= 15 is 0 Å². The number of hydrogen-bond acceptors (Lipinski definition) is 5. The summed E-state index contributed by atoms with van der Waals surface area (Å²) in [7, 11) is 0. The molecule has 0 radical (unpaired) electrons. The summed E-state index contributed by atoms with van der Waals surface area (Å²) in [4.78, 5) is 24.9. The zero-order chi connectivity index (χ0) is 30.6.